The van der Waals surface area contributed by atoms with Crippen LogP contribution in [-0.2, 0) is 10.2 Å². The van der Waals surface area contributed by atoms with E-state index >= 15 is 0 Å². The number of benzene rings is 1. The quantitative estimate of drug-likeness (QED) is 0.219. The highest BCUT2D eigenvalue weighted by atomic mass is 127. The second kappa shape index (κ2) is 11.8. The third-order valence-electron chi connectivity index (χ3n) is 5.04. The van der Waals surface area contributed by atoms with Gasteiger partial charge in [0.25, 0.3) is 0 Å². The molecule has 1 unspecified atom stereocenters. The van der Waals surface area contributed by atoms with Crippen molar-refractivity contribution in [3.63, 3.8) is 0 Å². The van der Waals surface area contributed by atoms with Gasteiger partial charge >= 0.3 is 0 Å². The summed E-state index contributed by atoms with van der Waals surface area (Å²) in [6.45, 7) is 10.2. The molecule has 0 aliphatic carbocycles. The monoisotopic (exact) mass is 505 g/mol. The van der Waals surface area contributed by atoms with Crippen molar-refractivity contribution in [1.82, 2.24) is 10.6 Å². The van der Waals surface area contributed by atoms with Crippen molar-refractivity contribution >= 4 is 29.9 Å². The fourth-order valence-electron chi connectivity index (χ4n) is 3.19. The van der Waals surface area contributed by atoms with Gasteiger partial charge in [-0.1, -0.05) is 32.9 Å². The molecule has 1 aromatic carbocycles. The third-order valence-corrected chi connectivity index (χ3v) is 5.04. The maximum Gasteiger partial charge on any atom is 0.191 e. The van der Waals surface area contributed by atoms with E-state index in [4.69, 9.17) is 9.47 Å². The molecule has 6 nitrogen and oxygen atoms in total. The number of halogens is 1. The molecular weight excluding hydrogens is 469 g/mol. The molecule has 0 amide bonds. The van der Waals surface area contributed by atoms with E-state index in [0.717, 1.165) is 37.7 Å². The van der Waals surface area contributed by atoms with Gasteiger partial charge in [0.15, 0.2) is 5.96 Å². The Balaban J connectivity index is 0.00000392. The van der Waals surface area contributed by atoms with Crippen LogP contribution in [0.5, 0.6) is 5.75 Å². The van der Waals surface area contributed by atoms with Crippen molar-refractivity contribution in [3.05, 3.63) is 29.8 Å². The molecule has 1 aromatic rings. The predicted octanol–water partition coefficient (Wildman–Crippen LogP) is 2.94. The first kappa shape index (κ1) is 25.0. The van der Waals surface area contributed by atoms with Gasteiger partial charge in [-0.25, -0.2) is 0 Å². The highest BCUT2D eigenvalue weighted by molar-refractivity contribution is 14.0. The summed E-state index contributed by atoms with van der Waals surface area (Å²) in [6, 6.07) is 8.26. The second-order valence-corrected chi connectivity index (χ2v) is 8.26. The molecule has 0 spiro atoms. The Bertz CT molecular complexity index is 611. The minimum Gasteiger partial charge on any atom is -0.492 e. The molecule has 7 heteroatoms. The van der Waals surface area contributed by atoms with E-state index in [0.29, 0.717) is 19.8 Å². The minimum absolute atomic E-state index is 0. The van der Waals surface area contributed by atoms with Crippen LogP contribution < -0.4 is 15.4 Å². The lowest BCUT2D eigenvalue weighted by molar-refractivity contribution is 0.127. The molecule has 2 rings (SSSR count). The van der Waals surface area contributed by atoms with Crippen LogP contribution in [0.4, 0.5) is 0 Å². The average Bonchev–Trinajstić information content (AvgIpc) is 3.10. The summed E-state index contributed by atoms with van der Waals surface area (Å²) in [5, 5.41) is 16.0. The number of aliphatic hydroxyl groups is 1. The first-order valence-electron chi connectivity index (χ1n) is 9.75. The Morgan fingerprint density at radius 1 is 1.32 bits per heavy atom. The van der Waals surface area contributed by atoms with E-state index in [1.165, 1.54) is 5.56 Å². The normalized spacial score (nSPS) is 19.8. The second-order valence-electron chi connectivity index (χ2n) is 8.26. The van der Waals surface area contributed by atoms with Crippen LogP contribution in [0.2, 0.25) is 0 Å². The number of aliphatic imine (C=N–C) groups is 1. The molecule has 1 aliphatic heterocycles. The van der Waals surface area contributed by atoms with Gasteiger partial charge < -0.3 is 25.2 Å². The lowest BCUT2D eigenvalue weighted by Crippen LogP contribution is -2.45. The number of ether oxygens (including phenoxy) is 2. The third kappa shape index (κ3) is 7.75. The summed E-state index contributed by atoms with van der Waals surface area (Å²) in [5.74, 6) is 1.63. The van der Waals surface area contributed by atoms with Crippen molar-refractivity contribution < 1.29 is 14.6 Å². The molecular formula is C21H36IN3O3. The first-order chi connectivity index (χ1) is 12.9. The number of aliphatic hydroxyl groups excluding tert-OH is 1. The smallest absolute Gasteiger partial charge is 0.191 e. The van der Waals surface area contributed by atoms with Gasteiger partial charge in [0.2, 0.25) is 0 Å². The van der Waals surface area contributed by atoms with Gasteiger partial charge in [-0.2, -0.15) is 0 Å². The van der Waals surface area contributed by atoms with Crippen LogP contribution in [0.15, 0.2) is 29.3 Å². The van der Waals surface area contributed by atoms with E-state index in [2.05, 4.69) is 48.5 Å². The standard InChI is InChI=1S/C21H35N3O3.HI/c1-20(2,3)17-6-5-7-18(14-17)27-13-10-23-19(22-4)24-15-21(8-11-25)9-12-26-16-21;/h5-7,14,25H,8-13,15-16H2,1-4H3,(H2,22,23,24);1H. The molecule has 160 valence electrons. The Labute approximate surface area is 186 Å². The highest BCUT2D eigenvalue weighted by Crippen LogP contribution is 2.31. The van der Waals surface area contributed by atoms with Gasteiger partial charge in [-0.3, -0.25) is 4.99 Å². The summed E-state index contributed by atoms with van der Waals surface area (Å²) >= 11 is 0. The zero-order valence-corrected chi connectivity index (χ0v) is 19.9. The van der Waals surface area contributed by atoms with E-state index in [1.54, 1.807) is 7.05 Å². The Hall–Kier alpha value is -1.06. The number of hydrogen-bond acceptors (Lipinski definition) is 4. The predicted molar refractivity (Wildman–Crippen MR) is 125 cm³/mol. The summed E-state index contributed by atoms with van der Waals surface area (Å²) in [7, 11) is 1.76. The molecule has 1 saturated heterocycles. The molecule has 0 radical (unpaired) electrons. The molecule has 3 N–H and O–H groups in total. The van der Waals surface area contributed by atoms with Crippen molar-refractivity contribution in [3.8, 4) is 5.75 Å². The van der Waals surface area contributed by atoms with Gasteiger partial charge in [0.1, 0.15) is 12.4 Å². The first-order valence-corrected chi connectivity index (χ1v) is 9.75. The van der Waals surface area contributed by atoms with Crippen LogP contribution in [0.3, 0.4) is 0 Å². The molecule has 1 heterocycles. The SMILES string of the molecule is CN=C(NCCOc1cccc(C(C)(C)C)c1)NCC1(CCO)CCOC1.I. The van der Waals surface area contributed by atoms with Gasteiger partial charge in [-0.15, -0.1) is 24.0 Å². The fourth-order valence-corrected chi connectivity index (χ4v) is 3.19. The van der Waals surface area contributed by atoms with Crippen LogP contribution >= 0.6 is 24.0 Å². The Kier molecular flexibility index (Phi) is 10.5. The van der Waals surface area contributed by atoms with Crippen LogP contribution in [0, 0.1) is 5.41 Å². The largest absolute Gasteiger partial charge is 0.492 e. The Morgan fingerprint density at radius 2 is 2.11 bits per heavy atom. The van der Waals surface area contributed by atoms with E-state index in [-0.39, 0.29) is 41.4 Å². The van der Waals surface area contributed by atoms with Crippen molar-refractivity contribution in [2.75, 3.05) is 46.6 Å². The molecule has 0 bridgehead atoms. The summed E-state index contributed by atoms with van der Waals surface area (Å²) in [5.41, 5.74) is 1.37. The van der Waals surface area contributed by atoms with E-state index in [1.807, 2.05) is 12.1 Å². The van der Waals surface area contributed by atoms with E-state index < -0.39 is 0 Å². The summed E-state index contributed by atoms with van der Waals surface area (Å²) in [6.07, 6.45) is 1.70. The number of hydrogen-bond donors (Lipinski definition) is 3. The zero-order valence-electron chi connectivity index (χ0n) is 17.6. The van der Waals surface area contributed by atoms with Crippen molar-refractivity contribution in [2.45, 2.75) is 39.0 Å². The molecule has 28 heavy (non-hydrogen) atoms. The van der Waals surface area contributed by atoms with Crippen molar-refractivity contribution in [1.29, 1.82) is 0 Å². The molecule has 1 fully saturated rings. The molecule has 0 aromatic heterocycles. The number of nitrogens with one attached hydrogen (secondary N) is 2. The average molecular weight is 505 g/mol. The van der Waals surface area contributed by atoms with Gasteiger partial charge in [-0.05, 0) is 36.0 Å². The van der Waals surface area contributed by atoms with Crippen LogP contribution in [-0.4, -0.2) is 57.6 Å². The van der Waals surface area contributed by atoms with Crippen LogP contribution in [0.25, 0.3) is 0 Å². The van der Waals surface area contributed by atoms with E-state index in [9.17, 15) is 5.11 Å². The Morgan fingerprint density at radius 3 is 2.71 bits per heavy atom. The molecule has 1 atom stereocenters. The minimum atomic E-state index is -0.00371. The molecule has 1 aliphatic rings. The number of rotatable bonds is 8. The maximum atomic E-state index is 9.32. The summed E-state index contributed by atoms with van der Waals surface area (Å²) in [4.78, 5) is 4.27. The maximum absolute atomic E-state index is 9.32. The lowest BCUT2D eigenvalue weighted by Gasteiger charge is -2.27. The lowest BCUT2D eigenvalue weighted by atomic mass is 9.84. The van der Waals surface area contributed by atoms with Gasteiger partial charge in [0, 0.05) is 32.2 Å². The number of nitrogens with zero attached hydrogens (tertiary/aromatic N) is 1. The van der Waals surface area contributed by atoms with Crippen molar-refractivity contribution in [2.24, 2.45) is 10.4 Å². The fraction of sp³-hybridized carbons (Fsp3) is 0.667. The topological polar surface area (TPSA) is 75.1 Å². The van der Waals surface area contributed by atoms with Crippen LogP contribution in [0.1, 0.15) is 39.2 Å². The zero-order chi connectivity index (χ0) is 19.8. The highest BCUT2D eigenvalue weighted by Gasteiger charge is 2.34. The molecule has 0 saturated carbocycles. The number of guanidine groups is 1. The summed E-state index contributed by atoms with van der Waals surface area (Å²) < 4.78 is 11.4. The van der Waals surface area contributed by atoms with Gasteiger partial charge in [0.05, 0.1) is 13.2 Å².